The van der Waals surface area contributed by atoms with E-state index in [4.69, 9.17) is 34.7 Å². The van der Waals surface area contributed by atoms with Gasteiger partial charge in [0.05, 0.1) is 22.6 Å². The molecule has 0 spiro atoms. The molecule has 0 aromatic heterocycles. The average Bonchev–Trinajstić information content (AvgIpc) is 2.80. The van der Waals surface area contributed by atoms with Crippen LogP contribution >= 0.6 is 23.2 Å². The van der Waals surface area contributed by atoms with Gasteiger partial charge < -0.3 is 22.1 Å². The second-order valence-electron chi connectivity index (χ2n) is 5.80. The van der Waals surface area contributed by atoms with E-state index < -0.39 is 5.82 Å². The zero-order valence-electron chi connectivity index (χ0n) is 12.6. The minimum atomic E-state index is -0.463. The summed E-state index contributed by atoms with van der Waals surface area (Å²) in [5, 5.41) is 6.95. The van der Waals surface area contributed by atoms with Crippen LogP contribution in [0.25, 0.3) is 5.57 Å². The van der Waals surface area contributed by atoms with Crippen molar-refractivity contribution in [3.63, 3.8) is 0 Å². The molecule has 0 bridgehead atoms. The molecule has 1 unspecified atom stereocenters. The zero-order valence-corrected chi connectivity index (χ0v) is 14.2. The smallest absolute Gasteiger partial charge is 0.134 e. The molecule has 0 radical (unpaired) electrons. The Morgan fingerprint density at radius 2 is 2.00 bits per heavy atom. The van der Waals surface area contributed by atoms with Crippen molar-refractivity contribution in [2.75, 3.05) is 17.2 Å². The number of rotatable bonds is 5. The van der Waals surface area contributed by atoms with Gasteiger partial charge in [0.2, 0.25) is 0 Å². The highest BCUT2D eigenvalue weighted by Gasteiger charge is 2.29. The van der Waals surface area contributed by atoms with E-state index >= 15 is 0 Å². The lowest BCUT2D eigenvalue weighted by molar-refractivity contribution is 0.552. The van der Waals surface area contributed by atoms with E-state index in [1.165, 1.54) is 6.07 Å². The molecule has 0 fully saturated rings. The molecule has 22 heavy (non-hydrogen) atoms. The van der Waals surface area contributed by atoms with E-state index in [1.54, 1.807) is 0 Å². The molecule has 1 aliphatic rings. The van der Waals surface area contributed by atoms with Crippen LogP contribution in [-0.2, 0) is 0 Å². The number of anilines is 2. The Morgan fingerprint density at radius 1 is 1.36 bits per heavy atom. The third kappa shape index (κ3) is 3.42. The largest absolute Gasteiger partial charge is 0.389 e. The number of hydrogen-bond acceptors (Lipinski definition) is 4. The first-order valence-corrected chi connectivity index (χ1v) is 8.00. The lowest BCUT2D eigenvalue weighted by Crippen LogP contribution is -2.24. The van der Waals surface area contributed by atoms with Crippen LogP contribution in [0.15, 0.2) is 11.2 Å². The number of halogens is 3. The van der Waals surface area contributed by atoms with Gasteiger partial charge in [-0.3, -0.25) is 0 Å². The summed E-state index contributed by atoms with van der Waals surface area (Å²) in [6.45, 7) is 4.56. The normalized spacial score (nSPS) is 17.9. The Hall–Kier alpha value is -1.17. The molecule has 1 aliphatic heterocycles. The van der Waals surface area contributed by atoms with Crippen LogP contribution in [0, 0.1) is 11.7 Å². The van der Waals surface area contributed by atoms with Crippen LogP contribution in [0.4, 0.5) is 15.8 Å². The van der Waals surface area contributed by atoms with E-state index in [9.17, 15) is 4.39 Å². The highest BCUT2D eigenvalue weighted by molar-refractivity contribution is 6.35. The summed E-state index contributed by atoms with van der Waals surface area (Å²) in [5.41, 5.74) is 13.4. The molecular formula is C15H21Cl2FN4. The van der Waals surface area contributed by atoms with Gasteiger partial charge >= 0.3 is 0 Å². The van der Waals surface area contributed by atoms with E-state index in [2.05, 4.69) is 24.5 Å². The van der Waals surface area contributed by atoms with E-state index in [0.29, 0.717) is 46.4 Å². The van der Waals surface area contributed by atoms with Crippen LogP contribution in [0.1, 0.15) is 32.3 Å². The van der Waals surface area contributed by atoms with E-state index in [0.717, 1.165) is 6.42 Å². The average molecular weight is 347 g/mol. The third-order valence-electron chi connectivity index (χ3n) is 3.56. The Balaban J connectivity index is 2.51. The maximum atomic E-state index is 14.5. The van der Waals surface area contributed by atoms with Crippen LogP contribution in [0.5, 0.6) is 0 Å². The van der Waals surface area contributed by atoms with Gasteiger partial charge in [-0.05, 0) is 31.4 Å². The van der Waals surface area contributed by atoms with Crippen molar-refractivity contribution in [3.8, 4) is 0 Å². The summed E-state index contributed by atoms with van der Waals surface area (Å²) in [7, 11) is 0. The van der Waals surface area contributed by atoms with Crippen molar-refractivity contribution in [3.05, 3.63) is 27.6 Å². The fourth-order valence-corrected chi connectivity index (χ4v) is 3.12. The third-order valence-corrected chi connectivity index (χ3v) is 4.09. The number of nitrogens with one attached hydrogen (secondary N) is 2. The predicted octanol–water partition coefficient (Wildman–Crippen LogP) is 3.90. The van der Waals surface area contributed by atoms with Crippen molar-refractivity contribution in [1.29, 1.82) is 0 Å². The molecule has 1 aromatic carbocycles. The maximum Gasteiger partial charge on any atom is 0.134 e. The Bertz CT molecular complexity index is 598. The van der Waals surface area contributed by atoms with Gasteiger partial charge in [0.1, 0.15) is 11.0 Å². The summed E-state index contributed by atoms with van der Waals surface area (Å²) >= 11 is 12.1. The Morgan fingerprint density at radius 3 is 2.55 bits per heavy atom. The first-order valence-electron chi connectivity index (χ1n) is 7.24. The summed E-state index contributed by atoms with van der Waals surface area (Å²) in [6, 6.07) is 1.28. The fourth-order valence-electron chi connectivity index (χ4n) is 2.68. The van der Waals surface area contributed by atoms with Crippen LogP contribution in [0.3, 0.4) is 0 Å². The molecule has 7 heteroatoms. The van der Waals surface area contributed by atoms with Gasteiger partial charge in [0.25, 0.3) is 0 Å². The SMILES string of the molecule is CC(C)CC1Nc2c(Cl)cc(F)c(/C(CCN)=C(/N)Cl)c2N1. The summed E-state index contributed by atoms with van der Waals surface area (Å²) < 4.78 is 14.5. The van der Waals surface area contributed by atoms with Crippen molar-refractivity contribution in [2.24, 2.45) is 17.4 Å². The lowest BCUT2D eigenvalue weighted by atomic mass is 10.00. The highest BCUT2D eigenvalue weighted by atomic mass is 35.5. The van der Waals surface area contributed by atoms with Gasteiger partial charge in [-0.1, -0.05) is 37.0 Å². The molecule has 4 nitrogen and oxygen atoms in total. The Labute approximate surface area is 140 Å². The van der Waals surface area contributed by atoms with E-state index in [-0.39, 0.29) is 11.3 Å². The predicted molar refractivity (Wildman–Crippen MR) is 92.5 cm³/mol. The summed E-state index contributed by atoms with van der Waals surface area (Å²) in [5.74, 6) is 0.0128. The second kappa shape index (κ2) is 6.94. The second-order valence-corrected chi connectivity index (χ2v) is 6.62. The van der Waals surface area contributed by atoms with E-state index in [1.807, 2.05) is 0 Å². The standard InChI is InChI=1S/C15H21Cl2FN4/c1-7(2)5-11-21-13-9(16)6-10(18)12(14(13)22-11)8(3-4-19)15(17)20/h6-7,11,21-22H,3-5,19-20H2,1-2H3/b15-8+. The monoisotopic (exact) mass is 346 g/mol. The zero-order chi connectivity index (χ0) is 16.4. The molecule has 0 saturated carbocycles. The molecule has 0 saturated heterocycles. The maximum absolute atomic E-state index is 14.5. The number of hydrogen-bond donors (Lipinski definition) is 4. The van der Waals surface area contributed by atoms with Crippen molar-refractivity contribution >= 4 is 40.1 Å². The highest BCUT2D eigenvalue weighted by Crippen LogP contribution is 2.44. The molecule has 0 amide bonds. The van der Waals surface area contributed by atoms with Crippen molar-refractivity contribution in [1.82, 2.24) is 0 Å². The van der Waals surface area contributed by atoms with Gasteiger partial charge in [-0.15, -0.1) is 0 Å². The number of benzene rings is 1. The van der Waals surface area contributed by atoms with Crippen LogP contribution < -0.4 is 22.1 Å². The molecular weight excluding hydrogens is 326 g/mol. The quantitative estimate of drug-likeness (QED) is 0.610. The molecule has 6 N–H and O–H groups in total. The molecule has 1 atom stereocenters. The minimum Gasteiger partial charge on any atom is -0.389 e. The van der Waals surface area contributed by atoms with Crippen LogP contribution in [-0.4, -0.2) is 12.7 Å². The summed E-state index contributed by atoms with van der Waals surface area (Å²) in [6.07, 6.45) is 1.25. The van der Waals surface area contributed by atoms with Crippen molar-refractivity contribution in [2.45, 2.75) is 32.9 Å². The molecule has 122 valence electrons. The van der Waals surface area contributed by atoms with Gasteiger partial charge in [-0.2, -0.15) is 0 Å². The first kappa shape index (κ1) is 17.2. The topological polar surface area (TPSA) is 76.1 Å². The van der Waals surface area contributed by atoms with Crippen molar-refractivity contribution < 1.29 is 4.39 Å². The summed E-state index contributed by atoms with van der Waals surface area (Å²) in [4.78, 5) is 0. The van der Waals surface area contributed by atoms with Gasteiger partial charge in [0.15, 0.2) is 0 Å². The molecule has 1 heterocycles. The Kier molecular flexibility index (Phi) is 5.42. The number of fused-ring (bicyclic) bond motifs is 1. The van der Waals surface area contributed by atoms with Gasteiger partial charge in [0, 0.05) is 11.1 Å². The minimum absolute atomic E-state index is 0.0104. The number of nitrogens with two attached hydrogens (primary N) is 2. The molecule has 2 rings (SSSR count). The molecule has 0 aliphatic carbocycles. The fraction of sp³-hybridized carbons (Fsp3) is 0.467. The first-order chi connectivity index (χ1) is 10.3. The molecule has 1 aromatic rings. The van der Waals surface area contributed by atoms with Gasteiger partial charge in [-0.25, -0.2) is 4.39 Å². The lowest BCUT2D eigenvalue weighted by Gasteiger charge is -2.16. The van der Waals surface area contributed by atoms with Crippen LogP contribution in [0.2, 0.25) is 5.02 Å².